The third kappa shape index (κ3) is 3.41. The van der Waals surface area contributed by atoms with Crippen molar-refractivity contribution in [3.8, 4) is 0 Å². The number of carbonyl (C=O) groups excluding carboxylic acids is 3. The fourth-order valence-electron chi connectivity index (χ4n) is 2.82. The van der Waals surface area contributed by atoms with E-state index in [0.29, 0.717) is 33.2 Å². The van der Waals surface area contributed by atoms with Crippen LogP contribution in [0, 0.1) is 0 Å². The van der Waals surface area contributed by atoms with E-state index in [0.717, 1.165) is 6.42 Å². The molecule has 0 radical (unpaired) electrons. The molecule has 25 heavy (non-hydrogen) atoms. The second kappa shape index (κ2) is 7.30. The Bertz CT molecular complexity index is 892. The van der Waals surface area contributed by atoms with Gasteiger partial charge in [0.25, 0.3) is 0 Å². The Balaban J connectivity index is 1.78. The standard InChI is InChI=1S/C21H18O3Se/c1-3-14-8-10-15(11-9-14)21(24)25-12-18-13(2)19(22)16-6-4-5-7-17(16)20(18)23/h4-11H,3,12H2,1-2H3. The predicted molar refractivity (Wildman–Crippen MR) is 98.5 cm³/mol. The summed E-state index contributed by atoms with van der Waals surface area (Å²) in [6, 6.07) is 14.5. The number of fused-ring (bicyclic) bond motifs is 1. The zero-order chi connectivity index (χ0) is 18.0. The van der Waals surface area contributed by atoms with Crippen molar-refractivity contribution in [2.75, 3.05) is 0 Å². The molecule has 2 aromatic rings. The average molecular weight is 397 g/mol. The molecule has 3 rings (SSSR count). The molecule has 0 aliphatic heterocycles. The fraction of sp³-hybridized carbons (Fsp3) is 0.190. The van der Waals surface area contributed by atoms with E-state index >= 15 is 0 Å². The third-order valence-corrected chi connectivity index (χ3v) is 6.38. The van der Waals surface area contributed by atoms with Crippen LogP contribution in [0.15, 0.2) is 59.7 Å². The van der Waals surface area contributed by atoms with Gasteiger partial charge in [-0.2, -0.15) is 0 Å². The van der Waals surface area contributed by atoms with E-state index in [2.05, 4.69) is 6.92 Å². The van der Waals surface area contributed by atoms with Crippen LogP contribution in [0.4, 0.5) is 0 Å². The molecule has 0 unspecified atom stereocenters. The first-order chi connectivity index (χ1) is 12.0. The van der Waals surface area contributed by atoms with E-state index in [9.17, 15) is 14.4 Å². The van der Waals surface area contributed by atoms with Crippen LogP contribution in [-0.2, 0) is 6.42 Å². The Hall–Kier alpha value is -2.29. The van der Waals surface area contributed by atoms with Crippen LogP contribution in [-0.4, -0.2) is 31.2 Å². The van der Waals surface area contributed by atoms with Gasteiger partial charge in [0.1, 0.15) is 0 Å². The van der Waals surface area contributed by atoms with Gasteiger partial charge in [-0.25, -0.2) is 0 Å². The summed E-state index contributed by atoms with van der Waals surface area (Å²) in [6.07, 6.45) is 0.932. The van der Waals surface area contributed by atoms with Gasteiger partial charge in [-0.3, -0.25) is 0 Å². The molecule has 0 atom stereocenters. The Labute approximate surface area is 153 Å². The monoisotopic (exact) mass is 398 g/mol. The van der Waals surface area contributed by atoms with E-state index in [4.69, 9.17) is 0 Å². The maximum absolute atomic E-state index is 12.7. The number of carbonyl (C=O) groups is 3. The molecule has 1 aliphatic rings. The summed E-state index contributed by atoms with van der Waals surface area (Å²) >= 11 is -0.410. The van der Waals surface area contributed by atoms with Crippen LogP contribution in [0.5, 0.6) is 0 Å². The molecule has 2 aromatic carbocycles. The van der Waals surface area contributed by atoms with E-state index in [-0.39, 0.29) is 16.2 Å². The maximum atomic E-state index is 12.7. The van der Waals surface area contributed by atoms with E-state index in [1.807, 2.05) is 24.3 Å². The van der Waals surface area contributed by atoms with Crippen molar-refractivity contribution < 1.29 is 14.4 Å². The van der Waals surface area contributed by atoms with Gasteiger partial charge in [0.2, 0.25) is 0 Å². The molecule has 0 saturated carbocycles. The Kier molecular flexibility index (Phi) is 5.12. The zero-order valence-corrected chi connectivity index (χ0v) is 15.9. The van der Waals surface area contributed by atoms with Crippen LogP contribution in [0.1, 0.15) is 50.5 Å². The predicted octanol–water partition coefficient (Wildman–Crippen LogP) is 3.91. The fourth-order valence-corrected chi connectivity index (χ4v) is 4.76. The van der Waals surface area contributed by atoms with Gasteiger partial charge in [-0.1, -0.05) is 0 Å². The number of benzene rings is 2. The van der Waals surface area contributed by atoms with Crippen molar-refractivity contribution in [3.05, 3.63) is 81.9 Å². The number of rotatable bonds is 5. The van der Waals surface area contributed by atoms with Crippen LogP contribution in [0.25, 0.3) is 0 Å². The number of hydrogen-bond acceptors (Lipinski definition) is 3. The molecule has 1 aliphatic carbocycles. The van der Waals surface area contributed by atoms with E-state index in [1.54, 1.807) is 31.2 Å². The first-order valence-electron chi connectivity index (χ1n) is 8.17. The molecule has 0 saturated heterocycles. The first-order valence-corrected chi connectivity index (χ1v) is 10.2. The Morgan fingerprint density at radius 3 is 2.12 bits per heavy atom. The number of ketones is 2. The minimum absolute atomic E-state index is 0.0505. The van der Waals surface area contributed by atoms with Gasteiger partial charge in [0, 0.05) is 0 Å². The van der Waals surface area contributed by atoms with Gasteiger partial charge in [0.15, 0.2) is 0 Å². The van der Waals surface area contributed by atoms with E-state index in [1.165, 1.54) is 5.56 Å². The SMILES string of the molecule is CCc1ccc(C(=O)[Se]CC2=C(C)C(=O)c3ccccc3C2=O)cc1. The van der Waals surface area contributed by atoms with Gasteiger partial charge >= 0.3 is 153 Å². The molecular weight excluding hydrogens is 379 g/mol. The zero-order valence-electron chi connectivity index (χ0n) is 14.2. The van der Waals surface area contributed by atoms with Gasteiger partial charge < -0.3 is 0 Å². The Morgan fingerprint density at radius 1 is 0.920 bits per heavy atom. The molecular formula is C21H18O3Se. The summed E-state index contributed by atoms with van der Waals surface area (Å²) in [4.78, 5) is 37.6. The van der Waals surface area contributed by atoms with Gasteiger partial charge in [-0.05, 0) is 0 Å². The Morgan fingerprint density at radius 2 is 1.52 bits per heavy atom. The topological polar surface area (TPSA) is 51.2 Å². The van der Waals surface area contributed by atoms with Crippen molar-refractivity contribution in [3.63, 3.8) is 0 Å². The van der Waals surface area contributed by atoms with Gasteiger partial charge in [-0.15, -0.1) is 0 Å². The number of hydrogen-bond donors (Lipinski definition) is 0. The van der Waals surface area contributed by atoms with Crippen molar-refractivity contribution in [2.45, 2.75) is 25.6 Å². The molecule has 0 fully saturated rings. The van der Waals surface area contributed by atoms with Crippen molar-refractivity contribution in [1.82, 2.24) is 0 Å². The quantitative estimate of drug-likeness (QED) is 0.719. The summed E-state index contributed by atoms with van der Waals surface area (Å²) in [5, 5.41) is 0.353. The molecule has 0 N–H and O–H groups in total. The molecule has 0 amide bonds. The molecule has 0 spiro atoms. The summed E-state index contributed by atoms with van der Waals surface area (Å²) in [5.74, 6) is -0.232. The summed E-state index contributed by atoms with van der Waals surface area (Å²) < 4.78 is 0.0505. The molecule has 0 heterocycles. The van der Waals surface area contributed by atoms with Crippen molar-refractivity contribution in [1.29, 1.82) is 0 Å². The summed E-state index contributed by atoms with van der Waals surface area (Å²) in [7, 11) is 0. The average Bonchev–Trinajstić information content (AvgIpc) is 2.66. The molecule has 0 aromatic heterocycles. The molecule has 3 nitrogen and oxygen atoms in total. The van der Waals surface area contributed by atoms with Crippen LogP contribution in [0.2, 0.25) is 5.32 Å². The first kappa shape index (κ1) is 17.5. The molecule has 0 bridgehead atoms. The third-order valence-electron chi connectivity index (χ3n) is 4.43. The second-order valence-corrected chi connectivity index (χ2v) is 7.92. The second-order valence-electron chi connectivity index (χ2n) is 5.93. The van der Waals surface area contributed by atoms with Crippen LogP contribution >= 0.6 is 0 Å². The number of Topliss-reactive ketones (excluding diaryl/α,β-unsaturated/α-hetero) is 2. The minimum atomic E-state index is -0.410. The summed E-state index contributed by atoms with van der Waals surface area (Å²) in [5.41, 5.74) is 3.73. The number of aryl methyl sites for hydroxylation is 1. The van der Waals surface area contributed by atoms with E-state index < -0.39 is 15.0 Å². The van der Waals surface area contributed by atoms with Crippen molar-refractivity contribution >= 4 is 31.2 Å². The normalized spacial score (nSPS) is 13.8. The van der Waals surface area contributed by atoms with Crippen LogP contribution < -0.4 is 0 Å². The van der Waals surface area contributed by atoms with Crippen molar-refractivity contribution in [2.24, 2.45) is 0 Å². The van der Waals surface area contributed by atoms with Gasteiger partial charge in [0.05, 0.1) is 0 Å². The molecule has 4 heteroatoms. The molecule has 126 valence electrons. The van der Waals surface area contributed by atoms with Crippen LogP contribution in [0.3, 0.4) is 0 Å². The number of allylic oxidation sites excluding steroid dienone is 2. The summed E-state index contributed by atoms with van der Waals surface area (Å²) in [6.45, 7) is 3.75.